The van der Waals surface area contributed by atoms with Crippen LogP contribution in [0.2, 0.25) is 0 Å². The predicted molar refractivity (Wildman–Crippen MR) is 182 cm³/mol. The van der Waals surface area contributed by atoms with E-state index in [1.807, 2.05) is 0 Å². The van der Waals surface area contributed by atoms with Gasteiger partial charge in [0, 0.05) is 11.8 Å². The summed E-state index contributed by atoms with van der Waals surface area (Å²) in [7, 11) is 0. The first-order valence-electron chi connectivity index (χ1n) is 19.2. The largest absolute Gasteiger partial charge is 0.299 e. The smallest absolute Gasteiger partial charge is 0.139 e. The van der Waals surface area contributed by atoms with E-state index in [0.717, 1.165) is 38.5 Å². The Hall–Kier alpha value is -0.330. The lowest BCUT2D eigenvalue weighted by atomic mass is 9.81. The second-order valence-corrected chi connectivity index (χ2v) is 13.4. The van der Waals surface area contributed by atoms with Crippen LogP contribution in [-0.4, -0.2) is 5.78 Å². The number of ketones is 1. The minimum Gasteiger partial charge on any atom is -0.299 e. The van der Waals surface area contributed by atoms with Crippen LogP contribution in [-0.2, 0) is 4.79 Å². The van der Waals surface area contributed by atoms with Crippen molar-refractivity contribution in [2.75, 3.05) is 0 Å². The molecule has 0 fully saturated rings. The quantitative estimate of drug-likeness (QED) is 0.0713. The van der Waals surface area contributed by atoms with E-state index < -0.39 is 0 Å². The summed E-state index contributed by atoms with van der Waals surface area (Å²) in [6, 6.07) is 0. The Morgan fingerprint density at radius 1 is 0.300 bits per heavy atom. The fourth-order valence-corrected chi connectivity index (χ4v) is 6.70. The zero-order valence-corrected chi connectivity index (χ0v) is 28.7. The van der Waals surface area contributed by atoms with Crippen LogP contribution in [0, 0.1) is 11.8 Å². The Kier molecular flexibility index (Phi) is 32.9. The van der Waals surface area contributed by atoms with Gasteiger partial charge in [0.2, 0.25) is 0 Å². The molecule has 0 heterocycles. The van der Waals surface area contributed by atoms with Gasteiger partial charge in [0.1, 0.15) is 5.78 Å². The topological polar surface area (TPSA) is 17.1 Å². The van der Waals surface area contributed by atoms with Crippen molar-refractivity contribution < 1.29 is 4.79 Å². The number of rotatable bonds is 34. The highest BCUT2D eigenvalue weighted by Gasteiger charge is 2.25. The van der Waals surface area contributed by atoms with Gasteiger partial charge in [-0.3, -0.25) is 4.79 Å². The van der Waals surface area contributed by atoms with Crippen molar-refractivity contribution >= 4 is 5.78 Å². The minimum absolute atomic E-state index is 0.344. The van der Waals surface area contributed by atoms with Gasteiger partial charge in [0.05, 0.1) is 0 Å². The molecule has 0 bridgehead atoms. The second-order valence-electron chi connectivity index (χ2n) is 13.4. The average Bonchev–Trinajstić information content (AvgIpc) is 2.96. The predicted octanol–water partition coefficient (Wildman–Crippen LogP) is 14.4. The first-order chi connectivity index (χ1) is 19.7. The Bertz CT molecular complexity index is 441. The number of hydrogen-bond acceptors (Lipinski definition) is 1. The van der Waals surface area contributed by atoms with E-state index in [-0.39, 0.29) is 0 Å². The summed E-state index contributed by atoms with van der Waals surface area (Å²) >= 11 is 0. The van der Waals surface area contributed by atoms with Gasteiger partial charge in [0.25, 0.3) is 0 Å². The average molecular weight is 563 g/mol. The summed E-state index contributed by atoms with van der Waals surface area (Å²) in [5, 5.41) is 0. The van der Waals surface area contributed by atoms with E-state index in [2.05, 4.69) is 27.7 Å². The number of Topliss-reactive ketones (excluding diaryl/α,β-unsaturated/α-hetero) is 1. The molecule has 0 aliphatic carbocycles. The maximum atomic E-state index is 13.5. The highest BCUT2D eigenvalue weighted by Crippen LogP contribution is 2.27. The second kappa shape index (κ2) is 33.2. The van der Waals surface area contributed by atoms with Gasteiger partial charge in [-0.05, 0) is 25.7 Å². The highest BCUT2D eigenvalue weighted by molar-refractivity contribution is 5.83. The molecule has 2 unspecified atom stereocenters. The molecule has 0 rings (SSSR count). The molecular formula is C39H78O. The van der Waals surface area contributed by atoms with E-state index in [1.54, 1.807) is 0 Å². The Morgan fingerprint density at radius 3 is 0.750 bits per heavy atom. The zero-order chi connectivity index (χ0) is 29.4. The lowest BCUT2D eigenvalue weighted by Crippen LogP contribution is -2.24. The van der Waals surface area contributed by atoms with Gasteiger partial charge in [-0.25, -0.2) is 0 Å². The summed E-state index contributed by atoms with van der Waals surface area (Å²) in [5.74, 6) is 1.33. The van der Waals surface area contributed by atoms with Crippen LogP contribution in [0.5, 0.6) is 0 Å². The van der Waals surface area contributed by atoms with Crippen LogP contribution in [0.3, 0.4) is 0 Å². The Labute approximate surface area is 255 Å². The fraction of sp³-hybridized carbons (Fsp3) is 0.974. The van der Waals surface area contributed by atoms with Gasteiger partial charge in [-0.15, -0.1) is 0 Å². The molecule has 0 aromatic carbocycles. The number of carbonyl (C=O) groups excluding carboxylic acids is 1. The molecule has 2 atom stereocenters. The van der Waals surface area contributed by atoms with E-state index in [4.69, 9.17) is 0 Å². The van der Waals surface area contributed by atoms with E-state index >= 15 is 0 Å². The lowest BCUT2D eigenvalue weighted by molar-refractivity contribution is -0.127. The van der Waals surface area contributed by atoms with Gasteiger partial charge in [0.15, 0.2) is 0 Å². The summed E-state index contributed by atoms with van der Waals surface area (Å²) in [6.45, 7) is 9.13. The standard InChI is InChI=1S/C39H78O/c1-5-9-11-13-15-17-19-21-23-25-27-29-31-35-37(33-7-3)39(40)38(34-8-4)36-32-30-28-26-24-22-20-18-16-14-12-10-6-2/h37-38H,5-36H2,1-4H3. The monoisotopic (exact) mass is 563 g/mol. The number of hydrogen-bond donors (Lipinski definition) is 0. The summed E-state index contributed by atoms with van der Waals surface area (Å²) < 4.78 is 0. The van der Waals surface area contributed by atoms with Gasteiger partial charge in [-0.1, -0.05) is 207 Å². The number of unbranched alkanes of at least 4 members (excludes halogenated alkanes) is 24. The first kappa shape index (κ1) is 39.7. The molecule has 0 aliphatic rings. The Morgan fingerprint density at radius 2 is 0.525 bits per heavy atom. The minimum atomic E-state index is 0.344. The molecule has 1 heteroatoms. The van der Waals surface area contributed by atoms with Gasteiger partial charge < -0.3 is 0 Å². The van der Waals surface area contributed by atoms with E-state index in [0.29, 0.717) is 17.6 Å². The normalized spacial score (nSPS) is 13.1. The Balaban J connectivity index is 3.93. The third-order valence-corrected chi connectivity index (χ3v) is 9.39. The van der Waals surface area contributed by atoms with Gasteiger partial charge in [-0.2, -0.15) is 0 Å². The molecule has 0 aromatic rings. The van der Waals surface area contributed by atoms with Crippen molar-refractivity contribution in [3.63, 3.8) is 0 Å². The van der Waals surface area contributed by atoms with E-state index in [9.17, 15) is 4.79 Å². The van der Waals surface area contributed by atoms with Crippen molar-refractivity contribution in [1.29, 1.82) is 0 Å². The fourth-order valence-electron chi connectivity index (χ4n) is 6.70. The maximum Gasteiger partial charge on any atom is 0.139 e. The molecule has 40 heavy (non-hydrogen) atoms. The molecule has 0 radical (unpaired) electrons. The maximum absolute atomic E-state index is 13.5. The van der Waals surface area contributed by atoms with Crippen LogP contribution in [0.4, 0.5) is 0 Å². The molecule has 0 saturated carbocycles. The van der Waals surface area contributed by atoms with Crippen molar-refractivity contribution in [3.8, 4) is 0 Å². The summed E-state index contributed by atoms with van der Waals surface area (Å²) in [5.41, 5.74) is 0. The first-order valence-corrected chi connectivity index (χ1v) is 19.2. The van der Waals surface area contributed by atoms with Crippen LogP contribution in [0.15, 0.2) is 0 Å². The summed E-state index contributed by atoms with van der Waals surface area (Å²) in [4.78, 5) is 13.5. The lowest BCUT2D eigenvalue weighted by Gasteiger charge is -2.22. The SMILES string of the molecule is CCCCCCCCCCCCCCCC(CCC)C(=O)C(CCC)CCCCCCCCCCCCCCC. The molecule has 240 valence electrons. The van der Waals surface area contributed by atoms with Crippen LogP contribution >= 0.6 is 0 Å². The van der Waals surface area contributed by atoms with E-state index in [1.165, 1.54) is 167 Å². The molecule has 0 aliphatic heterocycles. The molecule has 0 aromatic heterocycles. The summed E-state index contributed by atoms with van der Waals surface area (Å²) in [6.07, 6.45) is 43.3. The van der Waals surface area contributed by atoms with Crippen molar-refractivity contribution in [1.82, 2.24) is 0 Å². The van der Waals surface area contributed by atoms with Crippen LogP contribution < -0.4 is 0 Å². The number of carbonyl (C=O) groups is 1. The third-order valence-electron chi connectivity index (χ3n) is 9.39. The van der Waals surface area contributed by atoms with Crippen LogP contribution in [0.1, 0.15) is 233 Å². The molecule has 0 spiro atoms. The molecule has 0 N–H and O–H groups in total. The molecule has 1 nitrogen and oxygen atoms in total. The zero-order valence-electron chi connectivity index (χ0n) is 28.7. The van der Waals surface area contributed by atoms with Crippen LogP contribution in [0.25, 0.3) is 0 Å². The highest BCUT2D eigenvalue weighted by atomic mass is 16.1. The molecular weight excluding hydrogens is 484 g/mol. The van der Waals surface area contributed by atoms with Crippen molar-refractivity contribution in [2.45, 2.75) is 233 Å². The molecule has 0 amide bonds. The van der Waals surface area contributed by atoms with Crippen molar-refractivity contribution in [3.05, 3.63) is 0 Å². The molecule has 0 saturated heterocycles. The van der Waals surface area contributed by atoms with Gasteiger partial charge >= 0.3 is 0 Å². The van der Waals surface area contributed by atoms with Crippen molar-refractivity contribution in [2.24, 2.45) is 11.8 Å². The third kappa shape index (κ3) is 26.6.